The molecule has 3 rings (SSSR count). The maximum Gasteiger partial charge on any atom is 0.251 e. The highest BCUT2D eigenvalue weighted by Crippen LogP contribution is 2.19. The highest BCUT2D eigenvalue weighted by atomic mass is 16.2. The molecule has 0 spiro atoms. The lowest BCUT2D eigenvalue weighted by Gasteiger charge is -2.26. The molecule has 2 aromatic carbocycles. The predicted octanol–water partition coefficient (Wildman–Crippen LogP) is 1.04. The SMILES string of the molecule is O=C1CN(C(=O)CNC(=O)c2ccc(-c3ccccc3)cc2)CCN1. The van der Waals surface area contributed by atoms with Gasteiger partial charge in [0.1, 0.15) is 0 Å². The van der Waals surface area contributed by atoms with E-state index in [-0.39, 0.29) is 30.8 Å². The van der Waals surface area contributed by atoms with E-state index in [1.165, 1.54) is 4.90 Å². The van der Waals surface area contributed by atoms with Crippen LogP contribution in [0.2, 0.25) is 0 Å². The zero-order chi connectivity index (χ0) is 17.6. The standard InChI is InChI=1S/C19H19N3O3/c23-17-13-22(11-10-20-17)18(24)12-21-19(25)16-8-6-15(7-9-16)14-4-2-1-3-5-14/h1-9H,10-13H2,(H,20,23)(H,21,25). The van der Waals surface area contributed by atoms with Gasteiger partial charge in [0.2, 0.25) is 11.8 Å². The van der Waals surface area contributed by atoms with Gasteiger partial charge in [0, 0.05) is 18.7 Å². The van der Waals surface area contributed by atoms with Crippen LogP contribution in [0, 0.1) is 0 Å². The highest BCUT2D eigenvalue weighted by molar-refractivity contribution is 5.97. The monoisotopic (exact) mass is 337 g/mol. The van der Waals surface area contributed by atoms with Crippen molar-refractivity contribution in [2.24, 2.45) is 0 Å². The van der Waals surface area contributed by atoms with Crippen LogP contribution in [-0.2, 0) is 9.59 Å². The number of hydrogen-bond acceptors (Lipinski definition) is 3. The third-order valence-corrected chi connectivity index (χ3v) is 4.05. The maximum atomic E-state index is 12.2. The molecular weight excluding hydrogens is 318 g/mol. The molecule has 1 aliphatic rings. The molecule has 1 heterocycles. The van der Waals surface area contributed by atoms with Crippen molar-refractivity contribution < 1.29 is 14.4 Å². The van der Waals surface area contributed by atoms with Crippen LogP contribution in [0.4, 0.5) is 0 Å². The van der Waals surface area contributed by atoms with Crippen molar-refractivity contribution in [3.63, 3.8) is 0 Å². The molecule has 25 heavy (non-hydrogen) atoms. The molecule has 1 aliphatic heterocycles. The van der Waals surface area contributed by atoms with Gasteiger partial charge in [0.25, 0.3) is 5.91 Å². The first-order valence-corrected chi connectivity index (χ1v) is 8.11. The van der Waals surface area contributed by atoms with Crippen molar-refractivity contribution in [1.29, 1.82) is 0 Å². The number of piperazine rings is 1. The molecular formula is C19H19N3O3. The smallest absolute Gasteiger partial charge is 0.251 e. The molecule has 0 bridgehead atoms. The first-order valence-electron chi connectivity index (χ1n) is 8.11. The van der Waals surface area contributed by atoms with Gasteiger partial charge in [0.05, 0.1) is 13.1 Å². The van der Waals surface area contributed by atoms with Gasteiger partial charge in [-0.05, 0) is 23.3 Å². The summed E-state index contributed by atoms with van der Waals surface area (Å²) in [5, 5.41) is 5.26. The lowest BCUT2D eigenvalue weighted by Crippen LogP contribution is -2.52. The van der Waals surface area contributed by atoms with Crippen molar-refractivity contribution in [2.45, 2.75) is 0 Å². The fourth-order valence-corrected chi connectivity index (χ4v) is 2.67. The van der Waals surface area contributed by atoms with Gasteiger partial charge in [-0.2, -0.15) is 0 Å². The van der Waals surface area contributed by atoms with E-state index in [9.17, 15) is 14.4 Å². The summed E-state index contributed by atoms with van der Waals surface area (Å²) in [5.41, 5.74) is 2.59. The quantitative estimate of drug-likeness (QED) is 0.875. The van der Waals surface area contributed by atoms with Crippen LogP contribution >= 0.6 is 0 Å². The van der Waals surface area contributed by atoms with Crippen LogP contribution in [0.25, 0.3) is 11.1 Å². The Morgan fingerprint density at radius 2 is 1.68 bits per heavy atom. The number of rotatable bonds is 4. The fourth-order valence-electron chi connectivity index (χ4n) is 2.67. The molecule has 0 atom stereocenters. The van der Waals surface area contributed by atoms with Gasteiger partial charge in [-0.3, -0.25) is 14.4 Å². The summed E-state index contributed by atoms with van der Waals surface area (Å²) in [6.45, 7) is 0.832. The van der Waals surface area contributed by atoms with Crippen LogP contribution in [-0.4, -0.2) is 48.8 Å². The first-order chi connectivity index (χ1) is 12.1. The number of nitrogens with zero attached hydrogens (tertiary/aromatic N) is 1. The van der Waals surface area contributed by atoms with Crippen LogP contribution in [0.15, 0.2) is 54.6 Å². The van der Waals surface area contributed by atoms with Gasteiger partial charge in [0.15, 0.2) is 0 Å². The lowest BCUT2D eigenvalue weighted by atomic mass is 10.0. The van der Waals surface area contributed by atoms with Crippen molar-refractivity contribution in [3.05, 3.63) is 60.2 Å². The average molecular weight is 337 g/mol. The van der Waals surface area contributed by atoms with E-state index in [0.717, 1.165) is 11.1 Å². The second-order valence-corrected chi connectivity index (χ2v) is 5.79. The van der Waals surface area contributed by atoms with Crippen molar-refractivity contribution in [3.8, 4) is 11.1 Å². The Hall–Kier alpha value is -3.15. The van der Waals surface area contributed by atoms with E-state index < -0.39 is 0 Å². The summed E-state index contributed by atoms with van der Waals surface area (Å²) in [4.78, 5) is 37.0. The average Bonchev–Trinajstić information content (AvgIpc) is 2.66. The number of carbonyl (C=O) groups excluding carboxylic acids is 3. The third kappa shape index (κ3) is 4.23. The van der Waals surface area contributed by atoms with E-state index in [4.69, 9.17) is 0 Å². The second-order valence-electron chi connectivity index (χ2n) is 5.79. The summed E-state index contributed by atoms with van der Waals surface area (Å²) in [6, 6.07) is 17.1. The summed E-state index contributed by atoms with van der Waals surface area (Å²) in [6.07, 6.45) is 0. The van der Waals surface area contributed by atoms with Crippen molar-refractivity contribution >= 4 is 17.7 Å². The molecule has 0 aliphatic carbocycles. The molecule has 128 valence electrons. The Morgan fingerprint density at radius 3 is 2.36 bits per heavy atom. The molecule has 6 nitrogen and oxygen atoms in total. The van der Waals surface area contributed by atoms with Gasteiger partial charge in [-0.15, -0.1) is 0 Å². The van der Waals surface area contributed by atoms with Gasteiger partial charge in [-0.1, -0.05) is 42.5 Å². The van der Waals surface area contributed by atoms with E-state index in [2.05, 4.69) is 10.6 Å². The summed E-state index contributed by atoms with van der Waals surface area (Å²) in [7, 11) is 0. The largest absolute Gasteiger partial charge is 0.353 e. The van der Waals surface area contributed by atoms with Crippen LogP contribution in [0.1, 0.15) is 10.4 Å². The molecule has 6 heteroatoms. The Labute approximate surface area is 145 Å². The second kappa shape index (κ2) is 7.61. The Bertz CT molecular complexity index is 772. The Kier molecular flexibility index (Phi) is 5.09. The first kappa shape index (κ1) is 16.7. The van der Waals surface area contributed by atoms with Gasteiger partial charge < -0.3 is 15.5 Å². The minimum absolute atomic E-state index is 0.0421. The molecule has 2 N–H and O–H groups in total. The number of carbonyl (C=O) groups is 3. The minimum atomic E-state index is -0.311. The fraction of sp³-hybridized carbons (Fsp3) is 0.211. The molecule has 0 radical (unpaired) electrons. The molecule has 3 amide bonds. The third-order valence-electron chi connectivity index (χ3n) is 4.05. The number of amides is 3. The predicted molar refractivity (Wildman–Crippen MR) is 93.8 cm³/mol. The zero-order valence-corrected chi connectivity index (χ0v) is 13.7. The van der Waals surface area contributed by atoms with Crippen LogP contribution in [0.3, 0.4) is 0 Å². The molecule has 2 aromatic rings. The normalized spacial score (nSPS) is 13.9. The number of nitrogens with one attached hydrogen (secondary N) is 2. The van der Waals surface area contributed by atoms with Crippen molar-refractivity contribution in [1.82, 2.24) is 15.5 Å². The van der Waals surface area contributed by atoms with E-state index in [0.29, 0.717) is 18.7 Å². The van der Waals surface area contributed by atoms with E-state index in [1.807, 2.05) is 42.5 Å². The number of hydrogen-bond donors (Lipinski definition) is 2. The minimum Gasteiger partial charge on any atom is -0.353 e. The van der Waals surface area contributed by atoms with E-state index in [1.54, 1.807) is 12.1 Å². The topological polar surface area (TPSA) is 78.5 Å². The highest BCUT2D eigenvalue weighted by Gasteiger charge is 2.21. The molecule has 1 saturated heterocycles. The summed E-state index contributed by atoms with van der Waals surface area (Å²) in [5.74, 6) is -0.749. The van der Waals surface area contributed by atoms with Crippen molar-refractivity contribution in [2.75, 3.05) is 26.2 Å². The zero-order valence-electron chi connectivity index (χ0n) is 13.7. The van der Waals surface area contributed by atoms with Gasteiger partial charge >= 0.3 is 0 Å². The Balaban J connectivity index is 1.56. The number of benzene rings is 2. The maximum absolute atomic E-state index is 12.2. The molecule has 1 fully saturated rings. The van der Waals surface area contributed by atoms with Gasteiger partial charge in [-0.25, -0.2) is 0 Å². The summed E-state index contributed by atoms with van der Waals surface area (Å²) >= 11 is 0. The van der Waals surface area contributed by atoms with Crippen LogP contribution in [0.5, 0.6) is 0 Å². The molecule has 0 saturated carbocycles. The Morgan fingerprint density at radius 1 is 1.00 bits per heavy atom. The molecule has 0 unspecified atom stereocenters. The van der Waals surface area contributed by atoms with Crippen LogP contribution < -0.4 is 10.6 Å². The molecule has 0 aromatic heterocycles. The van der Waals surface area contributed by atoms with E-state index >= 15 is 0 Å². The summed E-state index contributed by atoms with van der Waals surface area (Å²) < 4.78 is 0. The lowest BCUT2D eigenvalue weighted by molar-refractivity contribution is -0.137.